The molecule has 0 spiro atoms. The molecule has 1 aromatic carbocycles. The molecule has 142 valence electrons. The summed E-state index contributed by atoms with van der Waals surface area (Å²) in [7, 11) is -3.73. The SMILES string of the molecule is CS(=O)(=O)N(C(=O)c1ccc(N2CCCC2=O)cc1)C1CCC(O)CC1. The number of amides is 2. The monoisotopic (exact) mass is 380 g/mol. The Bertz CT molecular complexity index is 782. The molecule has 1 saturated heterocycles. The highest BCUT2D eigenvalue weighted by atomic mass is 32.2. The Balaban J connectivity index is 1.81. The molecular weight excluding hydrogens is 356 g/mol. The van der Waals surface area contributed by atoms with E-state index in [1.54, 1.807) is 29.2 Å². The van der Waals surface area contributed by atoms with Crippen LogP contribution in [-0.4, -0.2) is 54.6 Å². The van der Waals surface area contributed by atoms with Gasteiger partial charge in [0.15, 0.2) is 0 Å². The van der Waals surface area contributed by atoms with E-state index in [2.05, 4.69) is 0 Å². The molecule has 1 aliphatic carbocycles. The van der Waals surface area contributed by atoms with Crippen molar-refractivity contribution in [1.82, 2.24) is 4.31 Å². The molecule has 1 heterocycles. The van der Waals surface area contributed by atoms with Gasteiger partial charge in [0.1, 0.15) is 0 Å². The maximum Gasteiger partial charge on any atom is 0.267 e. The van der Waals surface area contributed by atoms with Gasteiger partial charge in [-0.1, -0.05) is 0 Å². The van der Waals surface area contributed by atoms with Crippen LogP contribution in [0.4, 0.5) is 5.69 Å². The van der Waals surface area contributed by atoms with Crippen molar-refractivity contribution in [3.8, 4) is 0 Å². The fourth-order valence-electron chi connectivity index (χ4n) is 3.71. The van der Waals surface area contributed by atoms with Crippen LogP contribution in [0.3, 0.4) is 0 Å². The van der Waals surface area contributed by atoms with Crippen molar-refractivity contribution in [1.29, 1.82) is 0 Å². The summed E-state index contributed by atoms with van der Waals surface area (Å²) in [5.41, 5.74) is 0.993. The van der Waals surface area contributed by atoms with E-state index in [9.17, 15) is 23.1 Å². The van der Waals surface area contributed by atoms with E-state index in [1.807, 2.05) is 0 Å². The average molecular weight is 380 g/mol. The quantitative estimate of drug-likeness (QED) is 0.854. The molecule has 0 atom stereocenters. The van der Waals surface area contributed by atoms with Gasteiger partial charge in [0.2, 0.25) is 15.9 Å². The van der Waals surface area contributed by atoms with Gasteiger partial charge in [-0.15, -0.1) is 0 Å². The van der Waals surface area contributed by atoms with Crippen molar-refractivity contribution in [2.24, 2.45) is 0 Å². The van der Waals surface area contributed by atoms with Gasteiger partial charge in [0, 0.05) is 30.3 Å². The van der Waals surface area contributed by atoms with E-state index in [-0.39, 0.29) is 11.5 Å². The van der Waals surface area contributed by atoms with Gasteiger partial charge in [-0.25, -0.2) is 12.7 Å². The predicted molar refractivity (Wildman–Crippen MR) is 97.3 cm³/mol. The van der Waals surface area contributed by atoms with Crippen molar-refractivity contribution in [3.63, 3.8) is 0 Å². The fourth-order valence-corrected chi connectivity index (χ4v) is 4.87. The van der Waals surface area contributed by atoms with Crippen LogP contribution >= 0.6 is 0 Å². The average Bonchev–Trinajstić information content (AvgIpc) is 3.02. The molecule has 3 rings (SSSR count). The zero-order chi connectivity index (χ0) is 18.9. The Hall–Kier alpha value is -1.93. The molecule has 0 radical (unpaired) electrons. The molecule has 2 amide bonds. The smallest absolute Gasteiger partial charge is 0.267 e. The third-order valence-electron chi connectivity index (χ3n) is 5.05. The molecule has 7 nitrogen and oxygen atoms in total. The first-order valence-electron chi connectivity index (χ1n) is 8.89. The van der Waals surface area contributed by atoms with Crippen LogP contribution in [0, 0.1) is 0 Å². The first kappa shape index (κ1) is 18.8. The van der Waals surface area contributed by atoms with E-state index in [0.29, 0.717) is 38.6 Å². The van der Waals surface area contributed by atoms with Crippen LogP contribution in [0.1, 0.15) is 48.9 Å². The Labute approximate surface area is 153 Å². The highest BCUT2D eigenvalue weighted by molar-refractivity contribution is 7.88. The van der Waals surface area contributed by atoms with Gasteiger partial charge in [-0.05, 0) is 56.4 Å². The van der Waals surface area contributed by atoms with Gasteiger partial charge in [-0.3, -0.25) is 9.59 Å². The Kier molecular flexibility index (Phi) is 5.34. The molecule has 26 heavy (non-hydrogen) atoms. The second kappa shape index (κ2) is 7.36. The van der Waals surface area contributed by atoms with Crippen molar-refractivity contribution in [3.05, 3.63) is 29.8 Å². The molecule has 0 unspecified atom stereocenters. The van der Waals surface area contributed by atoms with Gasteiger partial charge < -0.3 is 10.0 Å². The minimum absolute atomic E-state index is 0.0580. The van der Waals surface area contributed by atoms with Crippen LogP contribution in [-0.2, 0) is 14.8 Å². The van der Waals surface area contributed by atoms with Crippen molar-refractivity contribution in [2.45, 2.75) is 50.7 Å². The molecular formula is C18H24N2O5S. The Morgan fingerprint density at radius 2 is 1.77 bits per heavy atom. The van der Waals surface area contributed by atoms with Crippen LogP contribution in [0.2, 0.25) is 0 Å². The lowest BCUT2D eigenvalue weighted by atomic mass is 9.93. The van der Waals surface area contributed by atoms with Crippen LogP contribution in [0.25, 0.3) is 0 Å². The molecule has 1 aromatic rings. The number of anilines is 1. The zero-order valence-electron chi connectivity index (χ0n) is 14.8. The third-order valence-corrected chi connectivity index (χ3v) is 6.23. The van der Waals surface area contributed by atoms with Gasteiger partial charge in [0.05, 0.1) is 12.4 Å². The molecule has 1 aliphatic heterocycles. The lowest BCUT2D eigenvalue weighted by Crippen LogP contribution is -2.46. The topological polar surface area (TPSA) is 95.0 Å². The summed E-state index contributed by atoms with van der Waals surface area (Å²) in [6.07, 6.45) is 3.83. The summed E-state index contributed by atoms with van der Waals surface area (Å²) < 4.78 is 25.4. The first-order chi connectivity index (χ1) is 12.3. The summed E-state index contributed by atoms with van der Waals surface area (Å²) in [5, 5.41) is 9.64. The van der Waals surface area contributed by atoms with Gasteiger partial charge in [-0.2, -0.15) is 0 Å². The molecule has 2 fully saturated rings. The number of sulfonamides is 1. The van der Waals surface area contributed by atoms with E-state index < -0.39 is 28.1 Å². The number of carbonyl (C=O) groups is 2. The van der Waals surface area contributed by atoms with E-state index >= 15 is 0 Å². The van der Waals surface area contributed by atoms with Crippen LogP contribution in [0.15, 0.2) is 24.3 Å². The van der Waals surface area contributed by atoms with E-state index in [0.717, 1.165) is 22.7 Å². The lowest BCUT2D eigenvalue weighted by Gasteiger charge is -2.34. The summed E-state index contributed by atoms with van der Waals surface area (Å²) in [6, 6.07) is 6.07. The second-order valence-electron chi connectivity index (χ2n) is 7.02. The number of aliphatic hydroxyl groups excluding tert-OH is 1. The van der Waals surface area contributed by atoms with Crippen LogP contribution in [0.5, 0.6) is 0 Å². The first-order valence-corrected chi connectivity index (χ1v) is 10.7. The van der Waals surface area contributed by atoms with E-state index in [4.69, 9.17) is 0 Å². The van der Waals surface area contributed by atoms with Gasteiger partial charge >= 0.3 is 0 Å². The number of hydrogen-bond donors (Lipinski definition) is 1. The van der Waals surface area contributed by atoms with Crippen molar-refractivity contribution >= 4 is 27.5 Å². The number of nitrogens with zero attached hydrogens (tertiary/aromatic N) is 2. The molecule has 1 N–H and O–H groups in total. The number of hydrogen-bond acceptors (Lipinski definition) is 5. The highest BCUT2D eigenvalue weighted by Gasteiger charge is 2.34. The number of aliphatic hydroxyl groups is 1. The zero-order valence-corrected chi connectivity index (χ0v) is 15.6. The van der Waals surface area contributed by atoms with E-state index in [1.165, 1.54) is 0 Å². The molecule has 1 saturated carbocycles. The van der Waals surface area contributed by atoms with Crippen molar-refractivity contribution in [2.75, 3.05) is 17.7 Å². The second-order valence-corrected chi connectivity index (χ2v) is 8.88. The summed E-state index contributed by atoms with van der Waals surface area (Å²) in [5.74, 6) is -0.504. The Morgan fingerprint density at radius 3 is 2.27 bits per heavy atom. The number of benzene rings is 1. The summed E-state index contributed by atoms with van der Waals surface area (Å²) >= 11 is 0. The third kappa shape index (κ3) is 3.91. The summed E-state index contributed by atoms with van der Waals surface area (Å²) in [4.78, 5) is 26.4. The normalized spacial score (nSPS) is 23.9. The highest BCUT2D eigenvalue weighted by Crippen LogP contribution is 2.27. The maximum absolute atomic E-state index is 12.9. The number of carbonyl (C=O) groups excluding carboxylic acids is 2. The molecule has 2 aliphatic rings. The largest absolute Gasteiger partial charge is 0.393 e. The lowest BCUT2D eigenvalue weighted by molar-refractivity contribution is -0.117. The fraction of sp³-hybridized carbons (Fsp3) is 0.556. The number of rotatable bonds is 4. The van der Waals surface area contributed by atoms with Gasteiger partial charge in [0.25, 0.3) is 5.91 Å². The predicted octanol–water partition coefficient (Wildman–Crippen LogP) is 1.52. The summed E-state index contributed by atoms with van der Waals surface area (Å²) in [6.45, 7) is 0.659. The molecule has 8 heteroatoms. The molecule has 0 bridgehead atoms. The maximum atomic E-state index is 12.9. The standard InChI is InChI=1S/C18H24N2O5S/c1-26(24,25)20(15-8-10-16(21)11-9-15)18(23)13-4-6-14(7-5-13)19-12-2-3-17(19)22/h4-7,15-16,21H,2-3,8-12H2,1H3. The van der Waals surface area contributed by atoms with Crippen molar-refractivity contribution < 1.29 is 23.1 Å². The molecule has 0 aromatic heterocycles. The van der Waals surface area contributed by atoms with Crippen LogP contribution < -0.4 is 4.90 Å². The Morgan fingerprint density at radius 1 is 1.15 bits per heavy atom. The minimum Gasteiger partial charge on any atom is -0.393 e. The minimum atomic E-state index is -3.73.